The van der Waals surface area contributed by atoms with E-state index in [0.717, 1.165) is 23.8 Å². The molecule has 2 atom stereocenters. The molecule has 0 N–H and O–H groups in total. The van der Waals surface area contributed by atoms with Gasteiger partial charge in [-0.3, -0.25) is 15.0 Å². The first kappa shape index (κ1) is 22.3. The number of piperidine rings is 1. The highest BCUT2D eigenvalue weighted by molar-refractivity contribution is 5.85. The van der Waals surface area contributed by atoms with Crippen LogP contribution in [0.25, 0.3) is 0 Å². The molecular weight excluding hydrogens is 385 g/mol. The van der Waals surface area contributed by atoms with Gasteiger partial charge >= 0.3 is 0 Å². The maximum Gasteiger partial charge on any atom is 0.232 e. The highest BCUT2D eigenvalue weighted by Gasteiger charge is 2.39. The smallest absolute Gasteiger partial charge is 0.232 e. The number of hydrogen-bond acceptors (Lipinski definition) is 3. The van der Waals surface area contributed by atoms with Crippen molar-refractivity contribution in [3.63, 3.8) is 0 Å². The predicted octanol–water partition coefficient (Wildman–Crippen LogP) is 4.44. The van der Waals surface area contributed by atoms with Crippen molar-refractivity contribution in [3.05, 3.63) is 81.4 Å². The van der Waals surface area contributed by atoms with Crippen molar-refractivity contribution in [1.82, 2.24) is 4.90 Å². The minimum absolute atomic E-state index is 0. The third-order valence-electron chi connectivity index (χ3n) is 4.54. The lowest BCUT2D eigenvalue weighted by molar-refractivity contribution is -0.530. The predicted molar refractivity (Wildman–Crippen MR) is 101 cm³/mol. The third-order valence-corrected chi connectivity index (χ3v) is 4.54. The summed E-state index contributed by atoms with van der Waals surface area (Å²) in [6, 6.07) is 11.9. The van der Waals surface area contributed by atoms with Crippen molar-refractivity contribution in [2.75, 3.05) is 13.1 Å². The molecule has 0 spiro atoms. The van der Waals surface area contributed by atoms with Crippen LogP contribution in [-0.4, -0.2) is 29.0 Å². The van der Waals surface area contributed by atoms with Gasteiger partial charge in [-0.1, -0.05) is 30.3 Å². The van der Waals surface area contributed by atoms with E-state index in [1.165, 1.54) is 0 Å². The summed E-state index contributed by atoms with van der Waals surface area (Å²) in [6.45, 7) is 1.45. The van der Waals surface area contributed by atoms with Crippen LogP contribution in [0.3, 0.4) is 0 Å². The minimum atomic E-state index is -0.946. The number of nitro groups is 1. The van der Waals surface area contributed by atoms with Crippen LogP contribution in [-0.2, 0) is 6.54 Å². The summed E-state index contributed by atoms with van der Waals surface area (Å²) < 4.78 is 27.5. The van der Waals surface area contributed by atoms with Crippen LogP contribution in [0.1, 0.15) is 23.5 Å². The number of rotatable bonds is 4. The molecule has 1 aliphatic rings. The average molecular weight is 405 g/mol. The molecule has 1 fully saturated rings. The summed E-state index contributed by atoms with van der Waals surface area (Å²) in [6.07, 6.45) is 0.429. The van der Waals surface area contributed by atoms with Gasteiger partial charge in [0.2, 0.25) is 6.04 Å². The van der Waals surface area contributed by atoms with Crippen molar-refractivity contribution < 1.29 is 13.7 Å². The Balaban J connectivity index is 0.00000169. The van der Waals surface area contributed by atoms with Crippen molar-refractivity contribution in [2.45, 2.75) is 24.9 Å². The van der Waals surface area contributed by atoms with Gasteiger partial charge in [0, 0.05) is 17.0 Å². The van der Waals surface area contributed by atoms with E-state index in [0.29, 0.717) is 19.5 Å². The molecule has 8 heteroatoms. The zero-order valence-corrected chi connectivity index (χ0v) is 15.5. The Morgan fingerprint density at radius 3 is 2.46 bits per heavy atom. The zero-order chi connectivity index (χ0) is 17.1. The standard InChI is InChI=1S/C18H18F2N2O2.2ClH/c19-14-6-7-17(20)16(10-14)15-8-9-21(12-18(15)22(23)24)11-13-4-2-1-3-5-13;;/h1-7,10,15,18H,8-9,11-12H2;2*1H/t15-,18+;;/m1../s1. The maximum atomic E-state index is 14.0. The summed E-state index contributed by atoms with van der Waals surface area (Å²) in [5, 5.41) is 11.5. The third kappa shape index (κ3) is 5.13. The Morgan fingerprint density at radius 2 is 1.81 bits per heavy atom. The minimum Gasteiger partial charge on any atom is -0.292 e. The lowest BCUT2D eigenvalue weighted by Crippen LogP contribution is -2.46. The SMILES string of the molecule is Cl.Cl.O=[N+]([O-])[C@H]1CN(Cc2ccccc2)CC[C@@H]1c1cc(F)ccc1F. The van der Waals surface area contributed by atoms with Crippen LogP contribution < -0.4 is 0 Å². The fraction of sp³-hybridized carbons (Fsp3) is 0.333. The molecule has 0 unspecified atom stereocenters. The molecular formula is C18H20Cl2F2N2O2. The molecule has 0 aliphatic carbocycles. The topological polar surface area (TPSA) is 46.4 Å². The van der Waals surface area contributed by atoms with Crippen molar-refractivity contribution in [1.29, 1.82) is 0 Å². The van der Waals surface area contributed by atoms with Crippen LogP contribution >= 0.6 is 24.8 Å². The van der Waals surface area contributed by atoms with Crippen LogP contribution in [0, 0.1) is 21.7 Å². The van der Waals surface area contributed by atoms with E-state index in [2.05, 4.69) is 0 Å². The molecule has 142 valence electrons. The van der Waals surface area contributed by atoms with Gasteiger partial charge in [0.25, 0.3) is 0 Å². The molecule has 1 aliphatic heterocycles. The molecule has 0 aromatic heterocycles. The molecule has 0 saturated carbocycles. The van der Waals surface area contributed by atoms with E-state index in [-0.39, 0.29) is 41.8 Å². The Kier molecular flexibility index (Phi) is 8.40. The van der Waals surface area contributed by atoms with Gasteiger partial charge < -0.3 is 0 Å². The van der Waals surface area contributed by atoms with Crippen molar-refractivity contribution in [3.8, 4) is 0 Å². The average Bonchev–Trinajstić information content (AvgIpc) is 2.58. The second kappa shape index (κ2) is 9.80. The van der Waals surface area contributed by atoms with E-state index >= 15 is 0 Å². The largest absolute Gasteiger partial charge is 0.292 e. The quantitative estimate of drug-likeness (QED) is 0.558. The lowest BCUT2D eigenvalue weighted by Gasteiger charge is -2.34. The van der Waals surface area contributed by atoms with E-state index in [1.807, 2.05) is 35.2 Å². The number of hydrogen-bond donors (Lipinski definition) is 0. The summed E-state index contributed by atoms with van der Waals surface area (Å²) >= 11 is 0. The van der Waals surface area contributed by atoms with Gasteiger partial charge in [0.1, 0.15) is 11.6 Å². The fourth-order valence-corrected chi connectivity index (χ4v) is 3.36. The van der Waals surface area contributed by atoms with Crippen molar-refractivity contribution >= 4 is 24.8 Å². The second-order valence-electron chi connectivity index (χ2n) is 6.13. The molecule has 2 aromatic carbocycles. The van der Waals surface area contributed by atoms with E-state index in [1.54, 1.807) is 0 Å². The van der Waals surface area contributed by atoms with Gasteiger partial charge in [-0.15, -0.1) is 24.8 Å². The first-order chi connectivity index (χ1) is 11.5. The Labute approximate surface area is 163 Å². The molecule has 3 rings (SSSR count). The molecule has 4 nitrogen and oxygen atoms in total. The van der Waals surface area contributed by atoms with Crippen LogP contribution in [0.15, 0.2) is 48.5 Å². The summed E-state index contributed by atoms with van der Waals surface area (Å²) in [7, 11) is 0. The fourth-order valence-electron chi connectivity index (χ4n) is 3.36. The second-order valence-corrected chi connectivity index (χ2v) is 6.13. The number of likely N-dealkylation sites (tertiary alicyclic amines) is 1. The van der Waals surface area contributed by atoms with Gasteiger partial charge in [-0.2, -0.15) is 0 Å². The van der Waals surface area contributed by atoms with Crippen LogP contribution in [0.4, 0.5) is 8.78 Å². The molecule has 0 bridgehead atoms. The highest BCUT2D eigenvalue weighted by Crippen LogP contribution is 2.32. The Hall–Kier alpha value is -1.76. The summed E-state index contributed by atoms with van der Waals surface area (Å²) in [4.78, 5) is 13.1. The van der Waals surface area contributed by atoms with Crippen molar-refractivity contribution in [2.24, 2.45) is 0 Å². The Morgan fingerprint density at radius 1 is 1.12 bits per heavy atom. The normalized spacial score (nSPS) is 19.9. The summed E-state index contributed by atoms with van der Waals surface area (Å²) in [5.74, 6) is -1.76. The lowest BCUT2D eigenvalue weighted by atomic mass is 9.85. The van der Waals surface area contributed by atoms with Gasteiger partial charge in [-0.05, 0) is 36.7 Å². The van der Waals surface area contributed by atoms with Gasteiger partial charge in [-0.25, -0.2) is 8.78 Å². The van der Waals surface area contributed by atoms with Crippen LogP contribution in [0.5, 0.6) is 0 Å². The van der Waals surface area contributed by atoms with Gasteiger partial charge in [0.15, 0.2) is 0 Å². The highest BCUT2D eigenvalue weighted by atomic mass is 35.5. The number of halogens is 4. The molecule has 26 heavy (non-hydrogen) atoms. The van der Waals surface area contributed by atoms with Gasteiger partial charge in [0.05, 0.1) is 12.5 Å². The molecule has 0 radical (unpaired) electrons. The summed E-state index contributed by atoms with van der Waals surface area (Å²) in [5.41, 5.74) is 1.19. The molecule has 0 amide bonds. The molecule has 1 saturated heterocycles. The number of nitrogens with zero attached hydrogens (tertiary/aromatic N) is 2. The first-order valence-electron chi connectivity index (χ1n) is 7.89. The van der Waals surface area contributed by atoms with E-state index in [9.17, 15) is 18.9 Å². The number of benzene rings is 2. The van der Waals surface area contributed by atoms with E-state index < -0.39 is 23.6 Å². The first-order valence-corrected chi connectivity index (χ1v) is 7.89. The monoisotopic (exact) mass is 404 g/mol. The zero-order valence-electron chi connectivity index (χ0n) is 13.9. The maximum absolute atomic E-state index is 14.0. The molecule has 1 heterocycles. The van der Waals surface area contributed by atoms with E-state index in [4.69, 9.17) is 0 Å². The Bertz CT molecular complexity index is 734. The van der Waals surface area contributed by atoms with Crippen LogP contribution in [0.2, 0.25) is 0 Å². The molecule has 2 aromatic rings.